The van der Waals surface area contributed by atoms with Crippen LogP contribution in [-0.4, -0.2) is 44.4 Å². The quantitative estimate of drug-likeness (QED) is 0.859. The van der Waals surface area contributed by atoms with Gasteiger partial charge in [-0.1, -0.05) is 0 Å². The number of aromatic nitrogens is 1. The molecule has 0 amide bonds. The van der Waals surface area contributed by atoms with E-state index in [1.54, 1.807) is 6.07 Å². The third-order valence-corrected chi connectivity index (χ3v) is 5.39. The molecule has 0 spiro atoms. The molecule has 0 saturated carbocycles. The third-order valence-electron chi connectivity index (χ3n) is 3.87. The van der Waals surface area contributed by atoms with Gasteiger partial charge in [-0.25, -0.2) is 0 Å². The number of nitrogens with one attached hydrogen (secondary N) is 2. The molecule has 0 atom stereocenters. The van der Waals surface area contributed by atoms with Gasteiger partial charge in [0.15, 0.2) is 0 Å². The van der Waals surface area contributed by atoms with Gasteiger partial charge in [0, 0.05) is 18.8 Å². The highest BCUT2D eigenvalue weighted by Gasteiger charge is 2.28. The van der Waals surface area contributed by atoms with E-state index in [0.29, 0.717) is 30.4 Å². The van der Waals surface area contributed by atoms with Crippen molar-refractivity contribution in [3.8, 4) is 0 Å². The molecule has 2 N–H and O–H groups in total. The van der Waals surface area contributed by atoms with E-state index < -0.39 is 10.2 Å². The molecule has 1 aliphatic heterocycles. The third kappa shape index (κ3) is 4.15. The van der Waals surface area contributed by atoms with Gasteiger partial charge in [-0.05, 0) is 58.3 Å². The van der Waals surface area contributed by atoms with Crippen LogP contribution in [0.1, 0.15) is 24.2 Å². The van der Waals surface area contributed by atoms with Crippen molar-refractivity contribution in [1.82, 2.24) is 14.6 Å². The largest absolute Gasteiger partial charge is 0.319 e. The Labute approximate surface area is 127 Å². The summed E-state index contributed by atoms with van der Waals surface area (Å²) in [5, 5.41) is 3.15. The van der Waals surface area contributed by atoms with Crippen molar-refractivity contribution in [3.63, 3.8) is 0 Å². The van der Waals surface area contributed by atoms with Crippen molar-refractivity contribution in [1.29, 1.82) is 0 Å². The number of pyridine rings is 1. The lowest BCUT2D eigenvalue weighted by atomic mass is 9.98. The van der Waals surface area contributed by atoms with Gasteiger partial charge in [-0.2, -0.15) is 12.7 Å². The molecule has 1 aromatic heterocycles. The zero-order valence-electron chi connectivity index (χ0n) is 12.9. The molecule has 0 bridgehead atoms. The Morgan fingerprint density at radius 3 is 2.52 bits per heavy atom. The molecule has 1 aliphatic rings. The van der Waals surface area contributed by atoms with E-state index in [1.807, 2.05) is 27.0 Å². The first-order valence-corrected chi connectivity index (χ1v) is 8.73. The fourth-order valence-corrected chi connectivity index (χ4v) is 3.95. The summed E-state index contributed by atoms with van der Waals surface area (Å²) in [6.45, 7) is 5.78. The minimum absolute atomic E-state index is 0.554. The second-order valence-electron chi connectivity index (χ2n) is 5.59. The maximum absolute atomic E-state index is 12.4. The van der Waals surface area contributed by atoms with Gasteiger partial charge in [0.05, 0.1) is 11.4 Å². The lowest BCUT2D eigenvalue weighted by Crippen LogP contribution is -2.43. The number of rotatable bonds is 5. The fraction of sp³-hybridized carbons (Fsp3) is 0.643. The maximum atomic E-state index is 12.4. The molecule has 118 valence electrons. The fourth-order valence-electron chi connectivity index (χ4n) is 2.64. The second kappa shape index (κ2) is 6.72. The second-order valence-corrected chi connectivity index (χ2v) is 7.26. The average Bonchev–Trinajstić information content (AvgIpc) is 2.43. The van der Waals surface area contributed by atoms with E-state index >= 15 is 0 Å². The zero-order valence-corrected chi connectivity index (χ0v) is 13.7. The number of hydrogen-bond acceptors (Lipinski definition) is 4. The molecular weight excluding hydrogens is 288 g/mol. The van der Waals surface area contributed by atoms with Crippen molar-refractivity contribution < 1.29 is 8.42 Å². The van der Waals surface area contributed by atoms with E-state index in [9.17, 15) is 8.42 Å². The van der Waals surface area contributed by atoms with Gasteiger partial charge in [-0.3, -0.25) is 9.71 Å². The van der Waals surface area contributed by atoms with Crippen molar-refractivity contribution in [2.75, 3.05) is 31.4 Å². The molecule has 21 heavy (non-hydrogen) atoms. The van der Waals surface area contributed by atoms with E-state index in [1.165, 1.54) is 4.31 Å². The van der Waals surface area contributed by atoms with Crippen LogP contribution in [-0.2, 0) is 10.2 Å². The Kier molecular flexibility index (Phi) is 5.18. The summed E-state index contributed by atoms with van der Waals surface area (Å²) < 4.78 is 29.0. The summed E-state index contributed by atoms with van der Waals surface area (Å²) in [5.74, 6) is 0.559. The monoisotopic (exact) mass is 312 g/mol. The van der Waals surface area contributed by atoms with Crippen LogP contribution in [0.3, 0.4) is 0 Å². The highest BCUT2D eigenvalue weighted by molar-refractivity contribution is 7.90. The first kappa shape index (κ1) is 16.2. The summed E-state index contributed by atoms with van der Waals surface area (Å²) in [6.07, 6.45) is 1.79. The molecule has 0 aliphatic carbocycles. The Bertz CT molecular complexity index is 581. The van der Waals surface area contributed by atoms with Crippen LogP contribution in [0.25, 0.3) is 0 Å². The van der Waals surface area contributed by atoms with Crippen molar-refractivity contribution in [2.45, 2.75) is 26.7 Å². The van der Waals surface area contributed by atoms with Gasteiger partial charge in [0.2, 0.25) is 0 Å². The first-order chi connectivity index (χ1) is 9.92. The smallest absolute Gasteiger partial charge is 0.301 e. The van der Waals surface area contributed by atoms with Crippen LogP contribution in [0.5, 0.6) is 0 Å². The molecule has 1 fully saturated rings. The van der Waals surface area contributed by atoms with Crippen LogP contribution in [0.2, 0.25) is 0 Å². The van der Waals surface area contributed by atoms with Crippen LogP contribution >= 0.6 is 0 Å². The number of piperidine rings is 1. The standard InChI is InChI=1S/C14H24N4O2S/c1-11-4-5-14(12(2)16-11)17-21(19,20)18-8-6-13(7-9-18)10-15-3/h4-5,13,15,17H,6-10H2,1-3H3. The highest BCUT2D eigenvalue weighted by Crippen LogP contribution is 2.21. The van der Waals surface area contributed by atoms with Gasteiger partial charge in [0.25, 0.3) is 0 Å². The SMILES string of the molecule is CNCC1CCN(S(=O)(=O)Nc2ccc(C)nc2C)CC1. The van der Waals surface area contributed by atoms with E-state index in [4.69, 9.17) is 0 Å². The van der Waals surface area contributed by atoms with E-state index in [2.05, 4.69) is 15.0 Å². The molecule has 2 rings (SSSR count). The Hall–Kier alpha value is -1.18. The van der Waals surface area contributed by atoms with Gasteiger partial charge in [0.1, 0.15) is 0 Å². The molecule has 0 unspecified atom stereocenters. The Morgan fingerprint density at radius 2 is 1.95 bits per heavy atom. The van der Waals surface area contributed by atoms with Gasteiger partial charge < -0.3 is 5.32 Å². The molecule has 0 aromatic carbocycles. The van der Waals surface area contributed by atoms with E-state index in [-0.39, 0.29) is 0 Å². The molecular formula is C14H24N4O2S. The summed E-state index contributed by atoms with van der Waals surface area (Å²) in [7, 11) is -1.56. The highest BCUT2D eigenvalue weighted by atomic mass is 32.2. The molecule has 0 radical (unpaired) electrons. The lowest BCUT2D eigenvalue weighted by Gasteiger charge is -2.31. The number of hydrogen-bond donors (Lipinski definition) is 2. The Morgan fingerprint density at radius 1 is 1.29 bits per heavy atom. The van der Waals surface area contributed by atoms with Crippen LogP contribution in [0, 0.1) is 19.8 Å². The maximum Gasteiger partial charge on any atom is 0.301 e. The predicted octanol–water partition coefficient (Wildman–Crippen LogP) is 1.29. The topological polar surface area (TPSA) is 74.3 Å². The molecule has 7 heteroatoms. The van der Waals surface area contributed by atoms with E-state index in [0.717, 1.165) is 25.1 Å². The minimum Gasteiger partial charge on any atom is -0.319 e. The summed E-state index contributed by atoms with van der Waals surface area (Å²) in [5.41, 5.74) is 2.13. The van der Waals surface area contributed by atoms with Crippen molar-refractivity contribution in [3.05, 3.63) is 23.5 Å². The minimum atomic E-state index is -3.49. The number of aryl methyl sites for hydroxylation is 2. The van der Waals surface area contributed by atoms with Crippen LogP contribution in [0.15, 0.2) is 12.1 Å². The molecule has 1 saturated heterocycles. The lowest BCUT2D eigenvalue weighted by molar-refractivity contribution is 0.272. The Balaban J connectivity index is 2.02. The first-order valence-electron chi connectivity index (χ1n) is 7.29. The van der Waals surface area contributed by atoms with Crippen molar-refractivity contribution >= 4 is 15.9 Å². The van der Waals surface area contributed by atoms with Gasteiger partial charge >= 0.3 is 10.2 Å². The summed E-state index contributed by atoms with van der Waals surface area (Å²) >= 11 is 0. The number of anilines is 1. The number of nitrogens with zero attached hydrogens (tertiary/aromatic N) is 2. The summed E-state index contributed by atoms with van der Waals surface area (Å²) in [4.78, 5) is 4.29. The summed E-state index contributed by atoms with van der Waals surface area (Å²) in [6, 6.07) is 3.58. The molecule has 1 aromatic rings. The normalized spacial score (nSPS) is 17.9. The zero-order chi connectivity index (χ0) is 15.5. The van der Waals surface area contributed by atoms with Crippen molar-refractivity contribution in [2.24, 2.45) is 5.92 Å². The molecule has 6 nitrogen and oxygen atoms in total. The molecule has 2 heterocycles. The predicted molar refractivity (Wildman–Crippen MR) is 84.5 cm³/mol. The average molecular weight is 312 g/mol. The van der Waals surface area contributed by atoms with Gasteiger partial charge in [-0.15, -0.1) is 0 Å². The van der Waals surface area contributed by atoms with Crippen LogP contribution < -0.4 is 10.0 Å². The van der Waals surface area contributed by atoms with Crippen LogP contribution in [0.4, 0.5) is 5.69 Å².